The number of aliphatic carboxylic acids is 1. The van der Waals surface area contributed by atoms with Crippen LogP contribution in [0.15, 0.2) is 18.2 Å². The molecule has 0 bridgehead atoms. The number of aryl methyl sites for hydroxylation is 2. The van der Waals surface area contributed by atoms with Crippen LogP contribution in [0.1, 0.15) is 17.5 Å². The molecule has 0 aliphatic rings. The fourth-order valence-electron chi connectivity index (χ4n) is 1.64. The highest BCUT2D eigenvalue weighted by Gasteiger charge is 2.19. The zero-order valence-electron chi connectivity index (χ0n) is 11.9. The molecule has 0 aliphatic heterocycles. The number of nitrogens with one attached hydrogen (secondary N) is 2. The van der Waals surface area contributed by atoms with Crippen LogP contribution < -0.4 is 10.6 Å². The highest BCUT2D eigenvalue weighted by molar-refractivity contribution is 5.92. The lowest BCUT2D eigenvalue weighted by atomic mass is 10.1. The summed E-state index contributed by atoms with van der Waals surface area (Å²) in [5.74, 6) is -1.09. The summed E-state index contributed by atoms with van der Waals surface area (Å²) < 4.78 is 4.82. The van der Waals surface area contributed by atoms with Gasteiger partial charge in [0.25, 0.3) is 0 Å². The molecule has 0 saturated heterocycles. The Labute approximate surface area is 118 Å². The smallest absolute Gasteiger partial charge is 0.326 e. The maximum atomic E-state index is 11.8. The van der Waals surface area contributed by atoms with Crippen molar-refractivity contribution in [2.24, 2.45) is 0 Å². The van der Waals surface area contributed by atoms with Crippen molar-refractivity contribution in [3.05, 3.63) is 29.3 Å². The van der Waals surface area contributed by atoms with Crippen molar-refractivity contribution in [3.8, 4) is 0 Å². The highest BCUT2D eigenvalue weighted by Crippen LogP contribution is 2.13. The van der Waals surface area contributed by atoms with Crippen molar-refractivity contribution in [1.82, 2.24) is 5.32 Å². The lowest BCUT2D eigenvalue weighted by Gasteiger charge is -2.15. The van der Waals surface area contributed by atoms with Gasteiger partial charge in [-0.2, -0.15) is 0 Å². The zero-order chi connectivity index (χ0) is 15.1. The summed E-state index contributed by atoms with van der Waals surface area (Å²) in [5, 5.41) is 14.0. The van der Waals surface area contributed by atoms with Gasteiger partial charge in [-0.3, -0.25) is 0 Å². The molecular weight excluding hydrogens is 260 g/mol. The third-order valence-corrected chi connectivity index (χ3v) is 2.98. The van der Waals surface area contributed by atoms with Crippen molar-refractivity contribution < 1.29 is 19.4 Å². The topological polar surface area (TPSA) is 87.7 Å². The molecular formula is C14H20N2O4. The highest BCUT2D eigenvalue weighted by atomic mass is 16.5. The standard InChI is InChI=1S/C14H20N2O4/c1-9-4-5-11(8-10(9)2)15-14(19)16-12(13(17)18)6-7-20-3/h4-5,8,12H,6-7H2,1-3H3,(H,17,18)(H2,15,16,19). The fraction of sp³-hybridized carbons (Fsp3) is 0.429. The molecule has 1 aromatic carbocycles. The molecule has 0 aromatic heterocycles. The predicted octanol–water partition coefficient (Wildman–Crippen LogP) is 1.91. The van der Waals surface area contributed by atoms with Gasteiger partial charge in [-0.15, -0.1) is 0 Å². The Balaban J connectivity index is 2.60. The number of hydrogen-bond donors (Lipinski definition) is 3. The van der Waals surface area contributed by atoms with E-state index >= 15 is 0 Å². The normalized spacial score (nSPS) is 11.8. The molecule has 6 nitrogen and oxygen atoms in total. The first-order valence-corrected chi connectivity index (χ1v) is 6.30. The Morgan fingerprint density at radius 1 is 1.30 bits per heavy atom. The van der Waals surface area contributed by atoms with Crippen LogP contribution in [0.2, 0.25) is 0 Å². The number of carbonyl (C=O) groups excluding carboxylic acids is 1. The number of amides is 2. The number of methoxy groups -OCH3 is 1. The van der Waals surface area contributed by atoms with Crippen LogP contribution >= 0.6 is 0 Å². The number of carboxylic acids is 1. The molecule has 1 atom stereocenters. The molecule has 1 aromatic rings. The molecule has 0 saturated carbocycles. The molecule has 0 spiro atoms. The van der Waals surface area contributed by atoms with Crippen LogP contribution in [0.25, 0.3) is 0 Å². The number of urea groups is 1. The van der Waals surface area contributed by atoms with Crippen LogP contribution in [0.3, 0.4) is 0 Å². The number of carbonyl (C=O) groups is 2. The average Bonchev–Trinajstić information content (AvgIpc) is 2.38. The molecule has 110 valence electrons. The first kappa shape index (κ1) is 16.0. The first-order chi connectivity index (χ1) is 9.43. The molecule has 1 unspecified atom stereocenters. The van der Waals surface area contributed by atoms with E-state index in [-0.39, 0.29) is 13.0 Å². The maximum Gasteiger partial charge on any atom is 0.326 e. The van der Waals surface area contributed by atoms with Gasteiger partial charge >= 0.3 is 12.0 Å². The van der Waals surface area contributed by atoms with Gasteiger partial charge in [0.05, 0.1) is 0 Å². The Kier molecular flexibility index (Phi) is 5.99. The second-order valence-electron chi connectivity index (χ2n) is 4.57. The van der Waals surface area contributed by atoms with Crippen molar-refractivity contribution in [3.63, 3.8) is 0 Å². The minimum absolute atomic E-state index is 0.214. The summed E-state index contributed by atoms with van der Waals surface area (Å²) in [7, 11) is 1.48. The second-order valence-corrected chi connectivity index (χ2v) is 4.57. The monoisotopic (exact) mass is 280 g/mol. The lowest BCUT2D eigenvalue weighted by Crippen LogP contribution is -2.43. The van der Waals surface area contributed by atoms with Gasteiger partial charge in [-0.05, 0) is 37.1 Å². The number of ether oxygens (including phenoxy) is 1. The summed E-state index contributed by atoms with van der Waals surface area (Å²) in [6.07, 6.45) is 0.214. The summed E-state index contributed by atoms with van der Waals surface area (Å²) in [5.41, 5.74) is 2.80. The number of carboxylic acid groups (broad SMARTS) is 1. The maximum absolute atomic E-state index is 11.8. The number of rotatable bonds is 6. The van der Waals surface area contributed by atoms with Crippen molar-refractivity contribution in [2.75, 3.05) is 19.0 Å². The predicted molar refractivity (Wildman–Crippen MR) is 76.0 cm³/mol. The van der Waals surface area contributed by atoms with E-state index in [2.05, 4.69) is 10.6 Å². The van der Waals surface area contributed by atoms with Crippen LogP contribution in [-0.4, -0.2) is 36.9 Å². The Bertz CT molecular complexity index is 488. The lowest BCUT2D eigenvalue weighted by molar-refractivity contribution is -0.139. The molecule has 0 radical (unpaired) electrons. The molecule has 20 heavy (non-hydrogen) atoms. The van der Waals surface area contributed by atoms with Gasteiger partial charge in [-0.25, -0.2) is 9.59 Å². The average molecular weight is 280 g/mol. The van der Waals surface area contributed by atoms with Crippen LogP contribution in [0.5, 0.6) is 0 Å². The zero-order valence-corrected chi connectivity index (χ0v) is 11.9. The van der Waals surface area contributed by atoms with E-state index in [0.717, 1.165) is 11.1 Å². The molecule has 1 rings (SSSR count). The van der Waals surface area contributed by atoms with Crippen molar-refractivity contribution >= 4 is 17.7 Å². The van der Waals surface area contributed by atoms with Gasteiger partial charge in [-0.1, -0.05) is 6.07 Å². The number of hydrogen-bond acceptors (Lipinski definition) is 3. The Hall–Kier alpha value is -2.08. The Morgan fingerprint density at radius 2 is 2.00 bits per heavy atom. The minimum atomic E-state index is -1.09. The summed E-state index contributed by atoms with van der Waals surface area (Å²) in [6.45, 7) is 4.18. The SMILES string of the molecule is COCCC(NC(=O)Nc1ccc(C)c(C)c1)C(=O)O. The van der Waals surface area contributed by atoms with Gasteiger partial charge < -0.3 is 20.5 Å². The van der Waals surface area contributed by atoms with E-state index in [1.54, 1.807) is 6.07 Å². The van der Waals surface area contributed by atoms with Crippen LogP contribution in [0.4, 0.5) is 10.5 Å². The van der Waals surface area contributed by atoms with E-state index in [4.69, 9.17) is 9.84 Å². The van der Waals surface area contributed by atoms with Gasteiger partial charge in [0, 0.05) is 25.8 Å². The van der Waals surface area contributed by atoms with E-state index in [9.17, 15) is 9.59 Å². The molecule has 2 amide bonds. The fourth-order valence-corrected chi connectivity index (χ4v) is 1.64. The van der Waals surface area contributed by atoms with Crippen LogP contribution in [-0.2, 0) is 9.53 Å². The molecule has 0 heterocycles. The quantitative estimate of drug-likeness (QED) is 0.743. The summed E-state index contributed by atoms with van der Waals surface area (Å²) >= 11 is 0. The molecule has 6 heteroatoms. The van der Waals surface area contributed by atoms with Crippen molar-refractivity contribution in [1.29, 1.82) is 0 Å². The van der Waals surface area contributed by atoms with Gasteiger partial charge in [0.1, 0.15) is 6.04 Å². The van der Waals surface area contributed by atoms with E-state index in [0.29, 0.717) is 5.69 Å². The second kappa shape index (κ2) is 7.49. The van der Waals surface area contributed by atoms with Gasteiger partial charge in [0.15, 0.2) is 0 Å². The largest absolute Gasteiger partial charge is 0.480 e. The van der Waals surface area contributed by atoms with E-state index in [1.807, 2.05) is 26.0 Å². The minimum Gasteiger partial charge on any atom is -0.480 e. The third-order valence-electron chi connectivity index (χ3n) is 2.98. The molecule has 0 fully saturated rings. The number of benzene rings is 1. The molecule has 3 N–H and O–H groups in total. The summed E-state index contributed by atoms with van der Waals surface area (Å²) in [4.78, 5) is 22.8. The van der Waals surface area contributed by atoms with Crippen molar-refractivity contribution in [2.45, 2.75) is 26.3 Å². The van der Waals surface area contributed by atoms with E-state index < -0.39 is 18.0 Å². The summed E-state index contributed by atoms with van der Waals surface area (Å²) in [6, 6.07) is 3.98. The molecule has 0 aliphatic carbocycles. The first-order valence-electron chi connectivity index (χ1n) is 6.30. The Morgan fingerprint density at radius 3 is 2.55 bits per heavy atom. The van der Waals surface area contributed by atoms with E-state index in [1.165, 1.54) is 7.11 Å². The van der Waals surface area contributed by atoms with Gasteiger partial charge in [0.2, 0.25) is 0 Å². The van der Waals surface area contributed by atoms with Crippen LogP contribution in [0, 0.1) is 13.8 Å². The third kappa shape index (κ3) is 4.89. The number of anilines is 1.